The van der Waals surface area contributed by atoms with Crippen molar-refractivity contribution in [3.05, 3.63) is 0 Å². The summed E-state index contributed by atoms with van der Waals surface area (Å²) in [4.78, 5) is 38.2. The van der Waals surface area contributed by atoms with Crippen LogP contribution >= 0.6 is 0 Å². The molecular formula is C62H120O6. The van der Waals surface area contributed by atoms with Gasteiger partial charge in [-0.1, -0.05) is 323 Å². The highest BCUT2D eigenvalue weighted by molar-refractivity contribution is 5.71. The predicted molar refractivity (Wildman–Crippen MR) is 294 cm³/mol. The zero-order chi connectivity index (χ0) is 49.3. The van der Waals surface area contributed by atoms with E-state index in [0.717, 1.165) is 57.8 Å². The minimum Gasteiger partial charge on any atom is -0.462 e. The number of rotatable bonds is 58. The van der Waals surface area contributed by atoms with Crippen molar-refractivity contribution < 1.29 is 28.6 Å². The summed E-state index contributed by atoms with van der Waals surface area (Å²) in [6.45, 7) is 6.72. The van der Waals surface area contributed by atoms with Gasteiger partial charge >= 0.3 is 17.9 Å². The fourth-order valence-electron chi connectivity index (χ4n) is 9.68. The van der Waals surface area contributed by atoms with E-state index in [0.29, 0.717) is 19.3 Å². The van der Waals surface area contributed by atoms with Gasteiger partial charge in [-0.05, 0) is 19.3 Å². The van der Waals surface area contributed by atoms with Crippen molar-refractivity contribution in [3.8, 4) is 0 Å². The highest BCUT2D eigenvalue weighted by Crippen LogP contribution is 2.18. The minimum absolute atomic E-state index is 0.0608. The summed E-state index contributed by atoms with van der Waals surface area (Å²) in [6.07, 6.45) is 65.3. The Hall–Kier alpha value is -1.59. The fourth-order valence-corrected chi connectivity index (χ4v) is 9.68. The minimum atomic E-state index is -0.761. The van der Waals surface area contributed by atoms with E-state index in [4.69, 9.17) is 14.2 Å². The van der Waals surface area contributed by atoms with Crippen molar-refractivity contribution >= 4 is 17.9 Å². The molecule has 0 N–H and O–H groups in total. The molecule has 0 saturated carbocycles. The van der Waals surface area contributed by atoms with Gasteiger partial charge in [0.25, 0.3) is 0 Å². The molecule has 6 nitrogen and oxygen atoms in total. The SMILES string of the molecule is CCCCCCCCCCCCCCCCCCCCCCCCC(=O)OCC(COC(=O)CCCCCCCCCCCCCCCC)OC(=O)CCCCCCCCCCCCCCCC. The largest absolute Gasteiger partial charge is 0.462 e. The van der Waals surface area contributed by atoms with Gasteiger partial charge in [-0.3, -0.25) is 14.4 Å². The van der Waals surface area contributed by atoms with E-state index in [1.165, 1.54) is 263 Å². The molecule has 0 aromatic rings. The molecule has 0 aliphatic heterocycles. The third-order valence-electron chi connectivity index (χ3n) is 14.4. The second-order valence-electron chi connectivity index (χ2n) is 21.3. The number of hydrogen-bond donors (Lipinski definition) is 0. The first kappa shape index (κ1) is 66.4. The van der Waals surface area contributed by atoms with Crippen LogP contribution in [0.5, 0.6) is 0 Å². The van der Waals surface area contributed by atoms with Gasteiger partial charge in [-0.2, -0.15) is 0 Å². The summed E-state index contributed by atoms with van der Waals surface area (Å²) in [5.74, 6) is -0.828. The molecular weight excluding hydrogens is 841 g/mol. The number of unbranched alkanes of at least 4 members (excludes halogenated alkanes) is 47. The summed E-state index contributed by atoms with van der Waals surface area (Å²) in [5, 5.41) is 0. The Balaban J connectivity index is 4.22. The van der Waals surface area contributed by atoms with Crippen LogP contribution in [-0.4, -0.2) is 37.2 Å². The van der Waals surface area contributed by atoms with E-state index in [9.17, 15) is 14.4 Å². The molecule has 0 radical (unpaired) electrons. The Morgan fingerprint density at radius 3 is 0.588 bits per heavy atom. The zero-order valence-electron chi connectivity index (χ0n) is 46.4. The molecule has 404 valence electrons. The van der Waals surface area contributed by atoms with Crippen LogP contribution in [0.2, 0.25) is 0 Å². The van der Waals surface area contributed by atoms with Gasteiger partial charge in [0.2, 0.25) is 0 Å². The molecule has 0 aliphatic carbocycles. The van der Waals surface area contributed by atoms with Gasteiger partial charge in [0.05, 0.1) is 0 Å². The molecule has 0 bridgehead atoms. The Morgan fingerprint density at radius 2 is 0.397 bits per heavy atom. The van der Waals surface area contributed by atoms with Crippen LogP contribution in [0.15, 0.2) is 0 Å². The maximum atomic E-state index is 12.9. The molecule has 0 amide bonds. The lowest BCUT2D eigenvalue weighted by Crippen LogP contribution is -2.30. The molecule has 6 heteroatoms. The van der Waals surface area contributed by atoms with Crippen molar-refractivity contribution in [2.24, 2.45) is 0 Å². The van der Waals surface area contributed by atoms with Crippen LogP contribution in [0, 0.1) is 0 Å². The number of carbonyl (C=O) groups is 3. The van der Waals surface area contributed by atoms with E-state index < -0.39 is 6.10 Å². The number of esters is 3. The van der Waals surface area contributed by atoms with Crippen molar-refractivity contribution in [1.82, 2.24) is 0 Å². The van der Waals surface area contributed by atoms with Crippen molar-refractivity contribution in [3.63, 3.8) is 0 Å². The van der Waals surface area contributed by atoms with E-state index in [1.54, 1.807) is 0 Å². The second-order valence-corrected chi connectivity index (χ2v) is 21.3. The van der Waals surface area contributed by atoms with Gasteiger partial charge in [-0.15, -0.1) is 0 Å². The second kappa shape index (κ2) is 58.0. The number of hydrogen-bond acceptors (Lipinski definition) is 6. The Bertz CT molecular complexity index is 1010. The molecule has 0 spiro atoms. The zero-order valence-corrected chi connectivity index (χ0v) is 46.4. The highest BCUT2D eigenvalue weighted by Gasteiger charge is 2.19. The lowest BCUT2D eigenvalue weighted by molar-refractivity contribution is -0.167. The molecule has 0 aliphatic rings. The topological polar surface area (TPSA) is 78.9 Å². The van der Waals surface area contributed by atoms with Crippen LogP contribution < -0.4 is 0 Å². The standard InChI is InChI=1S/C62H120O6/c1-4-7-10-13-16-19-22-25-28-29-30-31-32-33-34-35-38-40-43-46-49-52-55-61(64)67-58-59(68-62(65)56-53-50-47-44-41-37-27-24-21-18-15-12-9-6-3)57-66-60(63)54-51-48-45-42-39-36-26-23-20-17-14-11-8-5-2/h59H,4-58H2,1-3H3. The Morgan fingerprint density at radius 1 is 0.235 bits per heavy atom. The first-order chi connectivity index (χ1) is 33.5. The third-order valence-corrected chi connectivity index (χ3v) is 14.4. The highest BCUT2D eigenvalue weighted by atomic mass is 16.6. The fraction of sp³-hybridized carbons (Fsp3) is 0.952. The van der Waals surface area contributed by atoms with E-state index in [-0.39, 0.29) is 31.1 Å². The van der Waals surface area contributed by atoms with Crippen LogP contribution in [0.3, 0.4) is 0 Å². The van der Waals surface area contributed by atoms with Crippen LogP contribution in [-0.2, 0) is 28.6 Å². The summed E-state index contributed by atoms with van der Waals surface area (Å²) < 4.78 is 16.9. The summed E-state index contributed by atoms with van der Waals surface area (Å²) in [6, 6.07) is 0. The van der Waals surface area contributed by atoms with Gasteiger partial charge in [0, 0.05) is 19.3 Å². The molecule has 68 heavy (non-hydrogen) atoms. The average molecular weight is 962 g/mol. The smallest absolute Gasteiger partial charge is 0.306 e. The first-order valence-electron chi connectivity index (χ1n) is 31.0. The molecule has 0 heterocycles. The van der Waals surface area contributed by atoms with Gasteiger partial charge in [0.1, 0.15) is 13.2 Å². The summed E-state index contributed by atoms with van der Waals surface area (Å²) >= 11 is 0. The van der Waals surface area contributed by atoms with Crippen molar-refractivity contribution in [2.45, 2.75) is 367 Å². The monoisotopic (exact) mass is 961 g/mol. The molecule has 0 saturated heterocycles. The molecule has 0 fully saturated rings. The lowest BCUT2D eigenvalue weighted by Gasteiger charge is -2.18. The first-order valence-corrected chi connectivity index (χ1v) is 31.0. The molecule has 1 atom stereocenters. The van der Waals surface area contributed by atoms with Crippen LogP contribution in [0.1, 0.15) is 361 Å². The lowest BCUT2D eigenvalue weighted by atomic mass is 10.0. The summed E-state index contributed by atoms with van der Waals surface area (Å²) in [5.41, 5.74) is 0. The Kier molecular flexibility index (Phi) is 56.6. The Labute approximate surface area is 425 Å². The quantitative estimate of drug-likeness (QED) is 0.0343. The van der Waals surface area contributed by atoms with E-state index >= 15 is 0 Å². The molecule has 0 rings (SSSR count). The van der Waals surface area contributed by atoms with Gasteiger partial charge < -0.3 is 14.2 Å². The number of ether oxygens (including phenoxy) is 3. The number of carbonyl (C=O) groups excluding carboxylic acids is 3. The maximum absolute atomic E-state index is 12.9. The van der Waals surface area contributed by atoms with Gasteiger partial charge in [-0.25, -0.2) is 0 Å². The van der Waals surface area contributed by atoms with Crippen molar-refractivity contribution in [1.29, 1.82) is 0 Å². The maximum Gasteiger partial charge on any atom is 0.306 e. The third kappa shape index (κ3) is 55.3. The average Bonchev–Trinajstić information content (AvgIpc) is 3.34. The molecule has 0 aromatic carbocycles. The van der Waals surface area contributed by atoms with Crippen LogP contribution in [0.4, 0.5) is 0 Å². The van der Waals surface area contributed by atoms with Gasteiger partial charge in [0.15, 0.2) is 6.10 Å². The van der Waals surface area contributed by atoms with E-state index in [1.807, 2.05) is 0 Å². The van der Waals surface area contributed by atoms with E-state index in [2.05, 4.69) is 20.8 Å². The predicted octanol–water partition coefficient (Wildman–Crippen LogP) is 20.7. The summed E-state index contributed by atoms with van der Waals surface area (Å²) in [7, 11) is 0. The van der Waals surface area contributed by atoms with Crippen LogP contribution in [0.25, 0.3) is 0 Å². The molecule has 0 aromatic heterocycles. The van der Waals surface area contributed by atoms with Crippen molar-refractivity contribution in [2.75, 3.05) is 13.2 Å². The molecule has 1 unspecified atom stereocenters. The normalized spacial score (nSPS) is 11.9.